The Bertz CT molecular complexity index is 572. The molecule has 0 amide bonds. The third-order valence-corrected chi connectivity index (χ3v) is 6.26. The van der Waals surface area contributed by atoms with Gasteiger partial charge in [0.15, 0.2) is 0 Å². The van der Waals surface area contributed by atoms with Gasteiger partial charge in [-0.15, -0.1) is 0 Å². The molecule has 0 radical (unpaired) electrons. The van der Waals surface area contributed by atoms with E-state index in [1.54, 1.807) is 0 Å². The molecular formula is C19H29N3O. The van der Waals surface area contributed by atoms with Gasteiger partial charge in [-0.25, -0.2) is 4.98 Å². The second kappa shape index (κ2) is 5.97. The summed E-state index contributed by atoms with van der Waals surface area (Å²) in [4.78, 5) is 4.79. The molecule has 1 heterocycles. The lowest BCUT2D eigenvalue weighted by atomic mass is 9.71. The Morgan fingerprint density at radius 2 is 1.74 bits per heavy atom. The number of hydrogen-bond acceptors (Lipinski definition) is 4. The quantitative estimate of drug-likeness (QED) is 0.876. The summed E-state index contributed by atoms with van der Waals surface area (Å²) in [5.74, 6) is 1.64. The van der Waals surface area contributed by atoms with Gasteiger partial charge < -0.3 is 16.2 Å². The van der Waals surface area contributed by atoms with Crippen LogP contribution in [0.15, 0.2) is 6.07 Å². The van der Waals surface area contributed by atoms with Crippen LogP contribution in [-0.4, -0.2) is 17.1 Å². The number of nitrogen functional groups attached to an aromatic ring is 1. The fourth-order valence-electron chi connectivity index (χ4n) is 5.00. The highest BCUT2D eigenvalue weighted by molar-refractivity contribution is 5.50. The van der Waals surface area contributed by atoms with Crippen LogP contribution in [0.5, 0.6) is 5.75 Å². The Morgan fingerprint density at radius 3 is 2.48 bits per heavy atom. The Hall–Kier alpha value is -1.29. The van der Waals surface area contributed by atoms with E-state index in [2.05, 4.69) is 0 Å². The first kappa shape index (κ1) is 15.3. The van der Waals surface area contributed by atoms with Gasteiger partial charge in [-0.05, 0) is 57.8 Å². The van der Waals surface area contributed by atoms with Crippen LogP contribution in [0.2, 0.25) is 0 Å². The van der Waals surface area contributed by atoms with Crippen molar-refractivity contribution < 1.29 is 4.74 Å². The van der Waals surface area contributed by atoms with Crippen molar-refractivity contribution in [2.75, 3.05) is 5.73 Å². The Balaban J connectivity index is 1.64. The number of anilines is 1. The molecule has 3 aliphatic carbocycles. The number of hydrogen-bond donors (Lipinski definition) is 2. The van der Waals surface area contributed by atoms with E-state index >= 15 is 0 Å². The highest BCUT2D eigenvalue weighted by Gasteiger charge is 2.41. The summed E-state index contributed by atoms with van der Waals surface area (Å²) < 4.78 is 6.41. The monoisotopic (exact) mass is 315 g/mol. The molecule has 3 aliphatic rings. The average molecular weight is 315 g/mol. The maximum absolute atomic E-state index is 6.41. The minimum Gasteiger partial charge on any atom is -0.490 e. The topological polar surface area (TPSA) is 74.2 Å². The molecule has 4 nitrogen and oxygen atoms in total. The van der Waals surface area contributed by atoms with Gasteiger partial charge in [0.2, 0.25) is 0 Å². The summed E-state index contributed by atoms with van der Waals surface area (Å²) in [5.41, 5.74) is 15.1. The number of pyridine rings is 1. The van der Waals surface area contributed by atoms with E-state index in [-0.39, 0.29) is 5.41 Å². The lowest BCUT2D eigenvalue weighted by molar-refractivity contribution is 0.144. The minimum absolute atomic E-state index is 0.288. The predicted octanol–water partition coefficient (Wildman–Crippen LogP) is 3.46. The number of ether oxygens (including phenoxy) is 1. The van der Waals surface area contributed by atoms with Crippen molar-refractivity contribution in [2.45, 2.75) is 88.2 Å². The van der Waals surface area contributed by atoms with E-state index in [0.717, 1.165) is 37.9 Å². The molecule has 2 saturated carbocycles. The second-order valence-corrected chi connectivity index (χ2v) is 7.87. The van der Waals surface area contributed by atoms with Gasteiger partial charge >= 0.3 is 0 Å². The van der Waals surface area contributed by atoms with Crippen molar-refractivity contribution in [1.29, 1.82) is 0 Å². The molecule has 4 N–H and O–H groups in total. The normalized spacial score (nSPS) is 29.4. The van der Waals surface area contributed by atoms with Gasteiger partial charge in [-0.3, -0.25) is 0 Å². The SMILES string of the molecule is Nc1cc(O[C@H]2CC[C@H](N)CC2)c2c(n1)C1(CCCC1)CCC2. The van der Waals surface area contributed by atoms with Crippen molar-refractivity contribution in [3.05, 3.63) is 17.3 Å². The fraction of sp³-hybridized carbons (Fsp3) is 0.737. The summed E-state index contributed by atoms with van der Waals surface area (Å²) >= 11 is 0. The molecule has 126 valence electrons. The molecule has 23 heavy (non-hydrogen) atoms. The van der Waals surface area contributed by atoms with E-state index in [0.29, 0.717) is 18.0 Å². The molecule has 0 aromatic carbocycles. The van der Waals surface area contributed by atoms with Gasteiger partial charge in [-0.2, -0.15) is 0 Å². The molecule has 0 saturated heterocycles. The average Bonchev–Trinajstić information content (AvgIpc) is 3.00. The molecule has 0 atom stereocenters. The van der Waals surface area contributed by atoms with Crippen LogP contribution >= 0.6 is 0 Å². The van der Waals surface area contributed by atoms with E-state index in [1.807, 2.05) is 6.07 Å². The molecule has 2 fully saturated rings. The van der Waals surface area contributed by atoms with Gasteiger partial charge in [0, 0.05) is 23.1 Å². The third kappa shape index (κ3) is 2.82. The first-order chi connectivity index (χ1) is 11.2. The zero-order chi connectivity index (χ0) is 15.9. The van der Waals surface area contributed by atoms with Gasteiger partial charge in [0.1, 0.15) is 11.6 Å². The zero-order valence-corrected chi connectivity index (χ0v) is 14.0. The van der Waals surface area contributed by atoms with Crippen molar-refractivity contribution >= 4 is 5.82 Å². The summed E-state index contributed by atoms with van der Waals surface area (Å²) in [6.45, 7) is 0. The largest absolute Gasteiger partial charge is 0.490 e. The van der Waals surface area contributed by atoms with E-state index in [9.17, 15) is 0 Å². The molecule has 0 unspecified atom stereocenters. The number of nitrogens with two attached hydrogens (primary N) is 2. The minimum atomic E-state index is 0.288. The predicted molar refractivity (Wildman–Crippen MR) is 92.6 cm³/mol. The number of rotatable bonds is 2. The van der Waals surface area contributed by atoms with Crippen LogP contribution in [0.25, 0.3) is 0 Å². The van der Waals surface area contributed by atoms with E-state index in [1.165, 1.54) is 49.8 Å². The highest BCUT2D eigenvalue weighted by Crippen LogP contribution is 2.50. The van der Waals surface area contributed by atoms with Crippen molar-refractivity contribution in [3.8, 4) is 5.75 Å². The summed E-state index contributed by atoms with van der Waals surface area (Å²) in [6, 6.07) is 2.31. The number of fused-ring (bicyclic) bond motifs is 2. The van der Waals surface area contributed by atoms with Gasteiger partial charge in [0.05, 0.1) is 11.8 Å². The molecule has 1 aromatic rings. The standard InChI is InChI=1S/C19H29N3O/c20-13-5-7-14(8-6-13)23-16-12-17(21)22-18-15(16)4-3-11-19(18)9-1-2-10-19/h12-14H,1-11,20H2,(H2,21,22)/t13-,14-. The smallest absolute Gasteiger partial charge is 0.128 e. The third-order valence-electron chi connectivity index (χ3n) is 6.26. The molecule has 4 rings (SSSR count). The summed E-state index contributed by atoms with van der Waals surface area (Å²) in [7, 11) is 0. The lowest BCUT2D eigenvalue weighted by Gasteiger charge is -2.36. The van der Waals surface area contributed by atoms with Crippen LogP contribution < -0.4 is 16.2 Å². The van der Waals surface area contributed by atoms with Crippen LogP contribution in [-0.2, 0) is 11.8 Å². The Morgan fingerprint density at radius 1 is 1.04 bits per heavy atom. The fourth-order valence-corrected chi connectivity index (χ4v) is 5.00. The second-order valence-electron chi connectivity index (χ2n) is 7.87. The summed E-state index contributed by atoms with van der Waals surface area (Å²) in [6.07, 6.45) is 13.4. The number of nitrogens with zero attached hydrogens (tertiary/aromatic N) is 1. The van der Waals surface area contributed by atoms with Crippen molar-refractivity contribution in [2.24, 2.45) is 5.73 Å². The molecule has 0 aliphatic heterocycles. The molecule has 1 aromatic heterocycles. The maximum Gasteiger partial charge on any atom is 0.128 e. The van der Waals surface area contributed by atoms with Crippen LogP contribution in [0.1, 0.15) is 75.5 Å². The van der Waals surface area contributed by atoms with Crippen LogP contribution in [0, 0.1) is 0 Å². The summed E-state index contributed by atoms with van der Waals surface area (Å²) in [5, 5.41) is 0. The lowest BCUT2D eigenvalue weighted by Crippen LogP contribution is -2.33. The van der Waals surface area contributed by atoms with Crippen molar-refractivity contribution in [3.63, 3.8) is 0 Å². The Labute approximate surface area is 139 Å². The van der Waals surface area contributed by atoms with Crippen molar-refractivity contribution in [1.82, 2.24) is 4.98 Å². The van der Waals surface area contributed by atoms with E-state index < -0.39 is 0 Å². The molecule has 4 heteroatoms. The maximum atomic E-state index is 6.41. The number of aromatic nitrogens is 1. The van der Waals surface area contributed by atoms with Gasteiger partial charge in [0.25, 0.3) is 0 Å². The first-order valence-electron chi connectivity index (χ1n) is 9.38. The Kier molecular flexibility index (Phi) is 3.96. The molecular weight excluding hydrogens is 286 g/mol. The zero-order valence-electron chi connectivity index (χ0n) is 14.0. The molecule has 0 bridgehead atoms. The highest BCUT2D eigenvalue weighted by atomic mass is 16.5. The molecule has 1 spiro atoms. The van der Waals surface area contributed by atoms with E-state index in [4.69, 9.17) is 21.2 Å². The first-order valence-corrected chi connectivity index (χ1v) is 9.38. The van der Waals surface area contributed by atoms with Gasteiger partial charge in [-0.1, -0.05) is 12.8 Å². The van der Waals surface area contributed by atoms with Crippen LogP contribution in [0.4, 0.5) is 5.82 Å². The van der Waals surface area contributed by atoms with Crippen LogP contribution in [0.3, 0.4) is 0 Å².